The van der Waals surface area contributed by atoms with Crippen molar-refractivity contribution < 1.29 is 14.3 Å². The summed E-state index contributed by atoms with van der Waals surface area (Å²) in [6.45, 7) is 10.9. The Kier molecular flexibility index (Phi) is 7.49. The normalized spacial score (nSPS) is 11.8. The first kappa shape index (κ1) is 19.4. The molecule has 0 aliphatic heterocycles. The van der Waals surface area contributed by atoms with Gasteiger partial charge in [-0.1, -0.05) is 27.7 Å². The second-order valence-electron chi connectivity index (χ2n) is 6.67. The number of aromatic nitrogens is 1. The Hall–Kier alpha value is -1.62. The zero-order chi connectivity index (χ0) is 17.5. The lowest BCUT2D eigenvalue weighted by atomic mass is 9.83. The molecule has 1 amide bonds. The summed E-state index contributed by atoms with van der Waals surface area (Å²) >= 11 is 0. The number of hydrogen-bond acceptors (Lipinski definition) is 4. The van der Waals surface area contributed by atoms with Gasteiger partial charge in [-0.2, -0.15) is 0 Å². The Labute approximate surface area is 139 Å². The molecule has 130 valence electrons. The van der Waals surface area contributed by atoms with Gasteiger partial charge in [0.25, 0.3) is 5.91 Å². The second kappa shape index (κ2) is 8.87. The van der Waals surface area contributed by atoms with Crippen molar-refractivity contribution in [3.05, 3.63) is 18.3 Å². The number of nitrogens with zero attached hydrogens (tertiary/aromatic N) is 1. The fourth-order valence-corrected chi connectivity index (χ4v) is 2.87. The van der Waals surface area contributed by atoms with E-state index in [1.165, 1.54) is 0 Å². The minimum atomic E-state index is -0.809. The van der Waals surface area contributed by atoms with Gasteiger partial charge in [0, 0.05) is 12.7 Å². The highest BCUT2D eigenvalue weighted by molar-refractivity contribution is 5.97. The maximum atomic E-state index is 13.0. The van der Waals surface area contributed by atoms with E-state index in [-0.39, 0.29) is 5.91 Å². The third-order valence-corrected chi connectivity index (χ3v) is 3.51. The largest absolute Gasteiger partial charge is 0.481 e. The molecule has 1 N–H and O–H groups in total. The molecule has 0 radical (unpaired) electrons. The molecule has 0 saturated heterocycles. The molecule has 23 heavy (non-hydrogen) atoms. The average molecular weight is 322 g/mol. The number of pyridine rings is 1. The van der Waals surface area contributed by atoms with Crippen molar-refractivity contribution in [3.8, 4) is 5.88 Å². The van der Waals surface area contributed by atoms with Gasteiger partial charge >= 0.3 is 0 Å². The van der Waals surface area contributed by atoms with Crippen molar-refractivity contribution in [1.29, 1.82) is 0 Å². The molecule has 0 atom stereocenters. The molecule has 0 aliphatic rings. The van der Waals surface area contributed by atoms with E-state index in [0.29, 0.717) is 42.9 Å². The van der Waals surface area contributed by atoms with Gasteiger partial charge in [0.05, 0.1) is 19.0 Å². The summed E-state index contributed by atoms with van der Waals surface area (Å²) in [7, 11) is 1.56. The van der Waals surface area contributed by atoms with Gasteiger partial charge in [0.2, 0.25) is 5.88 Å². The van der Waals surface area contributed by atoms with Gasteiger partial charge in [0.1, 0.15) is 5.60 Å². The van der Waals surface area contributed by atoms with Crippen molar-refractivity contribution in [2.75, 3.05) is 19.0 Å². The third-order valence-electron chi connectivity index (χ3n) is 3.51. The SMILES string of the molecule is CCOC(CC(C)C)(CC(C)C)C(=O)Nc1ccc(OC)nc1. The topological polar surface area (TPSA) is 60.5 Å². The molecule has 0 saturated carbocycles. The Morgan fingerprint density at radius 3 is 2.22 bits per heavy atom. The molecule has 1 rings (SSSR count). The van der Waals surface area contributed by atoms with Gasteiger partial charge in [-0.25, -0.2) is 4.98 Å². The van der Waals surface area contributed by atoms with Crippen LogP contribution in [0.1, 0.15) is 47.5 Å². The summed E-state index contributed by atoms with van der Waals surface area (Å²) in [5.74, 6) is 1.14. The van der Waals surface area contributed by atoms with E-state index in [2.05, 4.69) is 38.0 Å². The van der Waals surface area contributed by atoms with E-state index >= 15 is 0 Å². The maximum Gasteiger partial charge on any atom is 0.256 e. The van der Waals surface area contributed by atoms with Gasteiger partial charge < -0.3 is 14.8 Å². The first-order valence-electron chi connectivity index (χ1n) is 8.28. The van der Waals surface area contributed by atoms with Crippen LogP contribution in [0, 0.1) is 11.8 Å². The smallest absolute Gasteiger partial charge is 0.256 e. The Morgan fingerprint density at radius 1 is 1.22 bits per heavy atom. The minimum absolute atomic E-state index is 0.103. The average Bonchev–Trinajstić information content (AvgIpc) is 2.46. The standard InChI is InChI=1S/C18H30N2O3/c1-7-23-18(10-13(2)3,11-14(4)5)17(21)20-15-8-9-16(22-6)19-12-15/h8-9,12-14H,7,10-11H2,1-6H3,(H,20,21). The first-order valence-corrected chi connectivity index (χ1v) is 8.28. The summed E-state index contributed by atoms with van der Waals surface area (Å²) in [6.07, 6.45) is 2.97. The number of anilines is 1. The predicted octanol–water partition coefficient (Wildman–Crippen LogP) is 3.90. The first-order chi connectivity index (χ1) is 10.8. The van der Waals surface area contributed by atoms with Crippen LogP contribution in [0.3, 0.4) is 0 Å². The molecule has 5 nitrogen and oxygen atoms in total. The molecule has 1 aromatic heterocycles. The number of ether oxygens (including phenoxy) is 2. The molecule has 0 bridgehead atoms. The molecule has 0 unspecified atom stereocenters. The summed E-state index contributed by atoms with van der Waals surface area (Å²) in [6, 6.07) is 3.51. The Balaban J connectivity index is 2.99. The van der Waals surface area contributed by atoms with Crippen LogP contribution in [0.5, 0.6) is 5.88 Å². The van der Waals surface area contributed by atoms with Crippen molar-refractivity contribution >= 4 is 11.6 Å². The number of carbonyl (C=O) groups is 1. The number of rotatable bonds is 9. The fourth-order valence-electron chi connectivity index (χ4n) is 2.87. The predicted molar refractivity (Wildman–Crippen MR) is 92.7 cm³/mol. The zero-order valence-electron chi connectivity index (χ0n) is 15.2. The van der Waals surface area contributed by atoms with Crippen LogP contribution in [0.4, 0.5) is 5.69 Å². The Bertz CT molecular complexity index is 474. The number of hydrogen-bond donors (Lipinski definition) is 1. The van der Waals surface area contributed by atoms with Crippen molar-refractivity contribution in [3.63, 3.8) is 0 Å². The zero-order valence-corrected chi connectivity index (χ0v) is 15.2. The second-order valence-corrected chi connectivity index (χ2v) is 6.67. The molecule has 1 aromatic rings. The number of amides is 1. The summed E-state index contributed by atoms with van der Waals surface area (Å²) in [5.41, 5.74) is -0.163. The molecule has 0 spiro atoms. The molecule has 1 heterocycles. The van der Waals surface area contributed by atoms with Crippen molar-refractivity contribution in [2.45, 2.75) is 53.1 Å². The lowest BCUT2D eigenvalue weighted by Gasteiger charge is -2.35. The van der Waals surface area contributed by atoms with E-state index in [1.54, 1.807) is 25.4 Å². The highest BCUT2D eigenvalue weighted by Crippen LogP contribution is 2.30. The molecule has 5 heteroatoms. The van der Waals surface area contributed by atoms with Crippen molar-refractivity contribution in [1.82, 2.24) is 4.98 Å². The molecular weight excluding hydrogens is 292 g/mol. The lowest BCUT2D eigenvalue weighted by Crippen LogP contribution is -2.47. The number of nitrogens with one attached hydrogen (secondary N) is 1. The molecule has 0 aliphatic carbocycles. The summed E-state index contributed by atoms with van der Waals surface area (Å²) in [4.78, 5) is 17.1. The van der Waals surface area contributed by atoms with Gasteiger partial charge in [-0.05, 0) is 37.7 Å². The maximum absolute atomic E-state index is 13.0. The van der Waals surface area contributed by atoms with Crippen LogP contribution >= 0.6 is 0 Å². The molecule has 0 aromatic carbocycles. The monoisotopic (exact) mass is 322 g/mol. The van der Waals surface area contributed by atoms with Gasteiger partial charge in [0.15, 0.2) is 0 Å². The van der Waals surface area contributed by atoms with Crippen molar-refractivity contribution in [2.24, 2.45) is 11.8 Å². The quantitative estimate of drug-likeness (QED) is 0.749. The summed E-state index contributed by atoms with van der Waals surface area (Å²) in [5, 5.41) is 2.95. The van der Waals surface area contributed by atoms with E-state index < -0.39 is 5.60 Å². The highest BCUT2D eigenvalue weighted by Gasteiger charge is 2.40. The van der Waals surface area contributed by atoms with Crippen LogP contribution in [-0.4, -0.2) is 30.2 Å². The van der Waals surface area contributed by atoms with E-state index in [1.807, 2.05) is 6.92 Å². The van der Waals surface area contributed by atoms with Gasteiger partial charge in [-0.15, -0.1) is 0 Å². The fraction of sp³-hybridized carbons (Fsp3) is 0.667. The van der Waals surface area contributed by atoms with Crippen LogP contribution in [0.25, 0.3) is 0 Å². The highest BCUT2D eigenvalue weighted by atomic mass is 16.5. The van der Waals surface area contributed by atoms with E-state index in [0.717, 1.165) is 0 Å². The van der Waals surface area contributed by atoms with Crippen LogP contribution in [-0.2, 0) is 9.53 Å². The van der Waals surface area contributed by atoms with Gasteiger partial charge in [-0.3, -0.25) is 4.79 Å². The van der Waals surface area contributed by atoms with E-state index in [9.17, 15) is 4.79 Å². The molecule has 0 fully saturated rings. The van der Waals surface area contributed by atoms with Crippen LogP contribution < -0.4 is 10.1 Å². The molecular formula is C18H30N2O3. The summed E-state index contributed by atoms with van der Waals surface area (Å²) < 4.78 is 11.0. The third kappa shape index (κ3) is 5.82. The number of carbonyl (C=O) groups excluding carboxylic acids is 1. The number of methoxy groups -OCH3 is 1. The van der Waals surface area contributed by atoms with Crippen LogP contribution in [0.15, 0.2) is 18.3 Å². The minimum Gasteiger partial charge on any atom is -0.481 e. The van der Waals surface area contributed by atoms with E-state index in [4.69, 9.17) is 9.47 Å². The lowest BCUT2D eigenvalue weighted by molar-refractivity contribution is -0.146. The van der Waals surface area contributed by atoms with Crippen LogP contribution in [0.2, 0.25) is 0 Å². The Morgan fingerprint density at radius 2 is 1.83 bits per heavy atom.